The number of carbonyl (C=O) groups is 3. The first-order valence-electron chi connectivity index (χ1n) is 8.56. The van der Waals surface area contributed by atoms with E-state index in [9.17, 15) is 14.4 Å². The second-order valence-corrected chi connectivity index (χ2v) is 6.37. The van der Waals surface area contributed by atoms with Gasteiger partial charge in [-0.25, -0.2) is 0 Å². The molecule has 1 fully saturated rings. The number of rotatable bonds is 6. The third kappa shape index (κ3) is 4.27. The van der Waals surface area contributed by atoms with Crippen molar-refractivity contribution >= 4 is 17.7 Å². The van der Waals surface area contributed by atoms with Crippen LogP contribution in [0.5, 0.6) is 0 Å². The van der Waals surface area contributed by atoms with E-state index in [1.54, 1.807) is 18.2 Å². The van der Waals surface area contributed by atoms with Crippen molar-refractivity contribution in [2.24, 2.45) is 5.73 Å². The summed E-state index contributed by atoms with van der Waals surface area (Å²) in [5.41, 5.74) is 7.93. The highest BCUT2D eigenvalue weighted by Crippen LogP contribution is 2.15. The zero-order valence-corrected chi connectivity index (χ0v) is 14.4. The molecule has 0 radical (unpaired) electrons. The fourth-order valence-electron chi connectivity index (χ4n) is 3.03. The average molecular weight is 351 g/mol. The Labute approximate surface area is 152 Å². The maximum absolute atomic E-state index is 12.3. The molecule has 3 rings (SSSR count). The summed E-state index contributed by atoms with van der Waals surface area (Å²) in [7, 11) is 0. The number of nitrogens with one attached hydrogen (secondary N) is 1. The van der Waals surface area contributed by atoms with Gasteiger partial charge in [0.05, 0.1) is 0 Å². The van der Waals surface area contributed by atoms with Crippen LogP contribution >= 0.6 is 0 Å². The predicted octanol–water partition coefficient (Wildman–Crippen LogP) is 1.84. The van der Waals surface area contributed by atoms with Gasteiger partial charge in [0.1, 0.15) is 0 Å². The molecule has 2 aromatic carbocycles. The zero-order chi connectivity index (χ0) is 18.5. The van der Waals surface area contributed by atoms with Crippen molar-refractivity contribution in [2.75, 3.05) is 6.54 Å². The Morgan fingerprint density at radius 1 is 1.04 bits per heavy atom. The predicted molar refractivity (Wildman–Crippen MR) is 97.2 cm³/mol. The molecular formula is C20H21N3O3. The van der Waals surface area contributed by atoms with Gasteiger partial charge in [-0.3, -0.25) is 14.4 Å². The third-order valence-electron chi connectivity index (χ3n) is 4.40. The summed E-state index contributed by atoms with van der Waals surface area (Å²) in [6.07, 6.45) is 1.54. The monoisotopic (exact) mass is 351 g/mol. The summed E-state index contributed by atoms with van der Waals surface area (Å²) >= 11 is 0. The van der Waals surface area contributed by atoms with Gasteiger partial charge >= 0.3 is 0 Å². The minimum absolute atomic E-state index is 0.193. The van der Waals surface area contributed by atoms with E-state index in [1.165, 1.54) is 6.07 Å². The molecular weight excluding hydrogens is 330 g/mol. The van der Waals surface area contributed by atoms with Gasteiger partial charge in [0.15, 0.2) is 0 Å². The van der Waals surface area contributed by atoms with E-state index in [2.05, 4.69) is 5.32 Å². The van der Waals surface area contributed by atoms with E-state index < -0.39 is 5.91 Å². The van der Waals surface area contributed by atoms with Crippen LogP contribution in [-0.2, 0) is 17.9 Å². The van der Waals surface area contributed by atoms with Crippen LogP contribution < -0.4 is 11.1 Å². The average Bonchev–Trinajstić information content (AvgIpc) is 3.05. The lowest BCUT2D eigenvalue weighted by Crippen LogP contribution is -2.25. The van der Waals surface area contributed by atoms with Crippen LogP contribution in [0.1, 0.15) is 44.7 Å². The van der Waals surface area contributed by atoms with Gasteiger partial charge in [-0.15, -0.1) is 0 Å². The van der Waals surface area contributed by atoms with Gasteiger partial charge < -0.3 is 16.0 Å². The van der Waals surface area contributed by atoms with E-state index in [0.29, 0.717) is 30.6 Å². The summed E-state index contributed by atoms with van der Waals surface area (Å²) in [6.45, 7) is 1.76. The van der Waals surface area contributed by atoms with Gasteiger partial charge in [-0.05, 0) is 35.7 Å². The lowest BCUT2D eigenvalue weighted by atomic mass is 10.1. The topological polar surface area (TPSA) is 92.5 Å². The Hall–Kier alpha value is -3.15. The zero-order valence-electron chi connectivity index (χ0n) is 14.4. The first kappa shape index (κ1) is 17.7. The summed E-state index contributed by atoms with van der Waals surface area (Å²) in [5.74, 6) is -0.643. The van der Waals surface area contributed by atoms with Gasteiger partial charge in [0.25, 0.3) is 5.91 Å². The van der Waals surface area contributed by atoms with Crippen molar-refractivity contribution in [3.05, 3.63) is 70.8 Å². The number of likely N-dealkylation sites (tertiary alicyclic amines) is 1. The number of nitrogens with two attached hydrogens (primary N) is 1. The van der Waals surface area contributed by atoms with Gasteiger partial charge in [-0.2, -0.15) is 0 Å². The molecule has 1 saturated heterocycles. The molecule has 0 spiro atoms. The fraction of sp³-hybridized carbons (Fsp3) is 0.250. The van der Waals surface area contributed by atoms with E-state index in [0.717, 1.165) is 24.1 Å². The largest absolute Gasteiger partial charge is 0.366 e. The Morgan fingerprint density at radius 2 is 1.77 bits per heavy atom. The van der Waals surface area contributed by atoms with Gasteiger partial charge in [0.2, 0.25) is 11.8 Å². The smallest absolute Gasteiger partial charge is 0.251 e. The van der Waals surface area contributed by atoms with Crippen LogP contribution in [0.2, 0.25) is 0 Å². The van der Waals surface area contributed by atoms with Crippen molar-refractivity contribution in [1.82, 2.24) is 10.2 Å². The minimum Gasteiger partial charge on any atom is -0.366 e. The second-order valence-electron chi connectivity index (χ2n) is 6.37. The number of primary amides is 1. The molecule has 6 nitrogen and oxygen atoms in total. The third-order valence-corrected chi connectivity index (χ3v) is 4.40. The van der Waals surface area contributed by atoms with Crippen LogP contribution in [0.4, 0.5) is 0 Å². The SMILES string of the molecule is NC(=O)c1cccc(C(=O)NCc2cccc(CN3CCCC3=O)c2)c1. The summed E-state index contributed by atoms with van der Waals surface area (Å²) in [5, 5.41) is 2.84. The standard InChI is InChI=1S/C20H21N3O3/c21-19(25)16-6-2-7-17(11-16)20(26)22-12-14-4-1-5-15(10-14)13-23-9-3-8-18(23)24/h1-2,4-7,10-11H,3,8-9,12-13H2,(H2,21,25)(H,22,26). The summed E-state index contributed by atoms with van der Waals surface area (Å²) < 4.78 is 0. The van der Waals surface area contributed by atoms with Crippen molar-refractivity contribution in [3.8, 4) is 0 Å². The van der Waals surface area contributed by atoms with E-state index in [-0.39, 0.29) is 11.8 Å². The molecule has 6 heteroatoms. The van der Waals surface area contributed by atoms with Crippen molar-refractivity contribution < 1.29 is 14.4 Å². The van der Waals surface area contributed by atoms with Crippen molar-refractivity contribution in [3.63, 3.8) is 0 Å². The Morgan fingerprint density at radius 3 is 2.50 bits per heavy atom. The van der Waals surface area contributed by atoms with Crippen LogP contribution in [0.25, 0.3) is 0 Å². The molecule has 3 N–H and O–H groups in total. The molecule has 1 aliphatic rings. The number of carbonyl (C=O) groups excluding carboxylic acids is 3. The number of hydrogen-bond donors (Lipinski definition) is 2. The first-order valence-corrected chi connectivity index (χ1v) is 8.56. The van der Waals surface area contributed by atoms with Crippen LogP contribution in [0.15, 0.2) is 48.5 Å². The summed E-state index contributed by atoms with van der Waals surface area (Å²) in [4.78, 5) is 37.1. The highest BCUT2D eigenvalue weighted by Gasteiger charge is 2.19. The quantitative estimate of drug-likeness (QED) is 0.832. The fourth-order valence-corrected chi connectivity index (χ4v) is 3.03. The molecule has 0 atom stereocenters. The lowest BCUT2D eigenvalue weighted by molar-refractivity contribution is -0.128. The van der Waals surface area contributed by atoms with Crippen molar-refractivity contribution in [2.45, 2.75) is 25.9 Å². The highest BCUT2D eigenvalue weighted by molar-refractivity contribution is 5.99. The number of hydrogen-bond acceptors (Lipinski definition) is 3. The van der Waals surface area contributed by atoms with Crippen LogP contribution in [0, 0.1) is 0 Å². The lowest BCUT2D eigenvalue weighted by Gasteiger charge is -2.16. The molecule has 134 valence electrons. The first-order chi connectivity index (χ1) is 12.5. The maximum atomic E-state index is 12.3. The van der Waals surface area contributed by atoms with Crippen molar-refractivity contribution in [1.29, 1.82) is 0 Å². The molecule has 0 saturated carbocycles. The molecule has 0 aliphatic carbocycles. The molecule has 0 unspecified atom stereocenters. The summed E-state index contributed by atoms with van der Waals surface area (Å²) in [6, 6.07) is 14.1. The minimum atomic E-state index is -0.566. The molecule has 3 amide bonds. The molecule has 1 heterocycles. The van der Waals surface area contributed by atoms with E-state index in [4.69, 9.17) is 5.73 Å². The van der Waals surface area contributed by atoms with Gasteiger partial charge in [-0.1, -0.05) is 30.3 Å². The Bertz CT molecular complexity index is 848. The van der Waals surface area contributed by atoms with E-state index in [1.807, 2.05) is 29.2 Å². The highest BCUT2D eigenvalue weighted by atomic mass is 16.2. The molecule has 26 heavy (non-hydrogen) atoms. The second kappa shape index (κ2) is 7.82. The normalized spacial score (nSPS) is 13.7. The van der Waals surface area contributed by atoms with Crippen LogP contribution in [-0.4, -0.2) is 29.2 Å². The number of amides is 3. The molecule has 1 aliphatic heterocycles. The number of nitrogens with zero attached hydrogens (tertiary/aromatic N) is 1. The molecule has 0 aromatic heterocycles. The molecule has 0 bridgehead atoms. The Balaban J connectivity index is 1.61. The Kier molecular flexibility index (Phi) is 5.31. The van der Waals surface area contributed by atoms with Gasteiger partial charge in [0, 0.05) is 37.2 Å². The van der Waals surface area contributed by atoms with E-state index >= 15 is 0 Å². The number of benzene rings is 2. The maximum Gasteiger partial charge on any atom is 0.251 e. The molecule has 2 aromatic rings. The van der Waals surface area contributed by atoms with Crippen LogP contribution in [0.3, 0.4) is 0 Å².